The number of piperazine rings is 1. The Balaban J connectivity index is 1.82. The number of nitrogens with zero attached hydrogens (tertiary/aromatic N) is 3. The van der Waals surface area contributed by atoms with Crippen molar-refractivity contribution in [1.29, 1.82) is 0 Å². The van der Waals surface area contributed by atoms with Crippen molar-refractivity contribution in [2.45, 2.75) is 0 Å². The standard InChI is InChI=1S/C12H17BrN4O/c1-16-4-6-17(7-5-16)9-12(18)15-11-8-10(13)2-3-14-11/h2-3,8H,4-7,9H2,1H3,(H,14,15,18). The molecule has 2 rings (SSSR count). The monoisotopic (exact) mass is 312 g/mol. The Labute approximate surface area is 115 Å². The summed E-state index contributed by atoms with van der Waals surface area (Å²) in [7, 11) is 2.10. The average Bonchev–Trinajstić information content (AvgIpc) is 2.32. The molecule has 1 aliphatic rings. The van der Waals surface area contributed by atoms with Gasteiger partial charge in [0.05, 0.1) is 6.54 Å². The lowest BCUT2D eigenvalue weighted by Gasteiger charge is -2.31. The van der Waals surface area contributed by atoms with Gasteiger partial charge < -0.3 is 10.2 Å². The zero-order chi connectivity index (χ0) is 13.0. The zero-order valence-corrected chi connectivity index (χ0v) is 12.0. The number of nitrogens with one attached hydrogen (secondary N) is 1. The molecule has 0 unspecified atom stereocenters. The van der Waals surface area contributed by atoms with Crippen LogP contribution in [0.15, 0.2) is 22.8 Å². The van der Waals surface area contributed by atoms with Crippen LogP contribution in [0.3, 0.4) is 0 Å². The van der Waals surface area contributed by atoms with E-state index in [0.717, 1.165) is 30.7 Å². The fraction of sp³-hybridized carbons (Fsp3) is 0.500. The maximum atomic E-state index is 11.9. The van der Waals surface area contributed by atoms with Crippen LogP contribution in [0.25, 0.3) is 0 Å². The highest BCUT2D eigenvalue weighted by Gasteiger charge is 2.16. The molecule has 98 valence electrons. The fourth-order valence-corrected chi connectivity index (χ4v) is 2.20. The van der Waals surface area contributed by atoms with Crippen LogP contribution in [-0.2, 0) is 4.79 Å². The molecule has 5 nitrogen and oxygen atoms in total. The molecule has 1 amide bonds. The molecule has 1 N–H and O–H groups in total. The maximum absolute atomic E-state index is 11.9. The van der Waals surface area contributed by atoms with Crippen LogP contribution in [-0.4, -0.2) is 60.5 Å². The Bertz CT molecular complexity index is 418. The van der Waals surface area contributed by atoms with Gasteiger partial charge in [0.1, 0.15) is 5.82 Å². The lowest BCUT2D eigenvalue weighted by Crippen LogP contribution is -2.47. The SMILES string of the molecule is CN1CCN(CC(=O)Nc2cc(Br)ccn2)CC1. The van der Waals surface area contributed by atoms with Gasteiger partial charge in [-0.1, -0.05) is 15.9 Å². The van der Waals surface area contributed by atoms with E-state index >= 15 is 0 Å². The lowest BCUT2D eigenvalue weighted by atomic mass is 10.3. The van der Waals surface area contributed by atoms with Crippen LogP contribution >= 0.6 is 15.9 Å². The van der Waals surface area contributed by atoms with Crippen molar-refractivity contribution in [2.24, 2.45) is 0 Å². The van der Waals surface area contributed by atoms with Gasteiger partial charge in [-0.15, -0.1) is 0 Å². The second-order valence-electron chi connectivity index (χ2n) is 4.49. The molecule has 2 heterocycles. The Morgan fingerprint density at radius 2 is 2.17 bits per heavy atom. The van der Waals surface area contributed by atoms with Crippen LogP contribution in [0.1, 0.15) is 0 Å². The molecule has 0 radical (unpaired) electrons. The normalized spacial score (nSPS) is 17.7. The first-order valence-electron chi connectivity index (χ1n) is 5.96. The van der Waals surface area contributed by atoms with Crippen LogP contribution in [0.5, 0.6) is 0 Å². The highest BCUT2D eigenvalue weighted by molar-refractivity contribution is 9.10. The Hall–Kier alpha value is -0.980. The minimum Gasteiger partial charge on any atom is -0.310 e. The topological polar surface area (TPSA) is 48.5 Å². The van der Waals surface area contributed by atoms with Gasteiger partial charge in [-0.2, -0.15) is 0 Å². The third-order valence-corrected chi connectivity index (χ3v) is 3.45. The smallest absolute Gasteiger partial charge is 0.239 e. The second kappa shape index (κ2) is 6.26. The van der Waals surface area contributed by atoms with Gasteiger partial charge in [-0.25, -0.2) is 4.98 Å². The third-order valence-electron chi connectivity index (χ3n) is 2.95. The van der Waals surface area contributed by atoms with E-state index in [4.69, 9.17) is 0 Å². The van der Waals surface area contributed by atoms with Crippen molar-refractivity contribution in [3.63, 3.8) is 0 Å². The highest BCUT2D eigenvalue weighted by Crippen LogP contribution is 2.12. The number of aromatic nitrogens is 1. The predicted octanol–water partition coefficient (Wildman–Crippen LogP) is 1.03. The van der Waals surface area contributed by atoms with E-state index in [1.54, 1.807) is 12.3 Å². The minimum atomic E-state index is -0.00912. The van der Waals surface area contributed by atoms with Crippen LogP contribution in [0, 0.1) is 0 Å². The molecule has 0 atom stereocenters. The molecule has 1 aromatic rings. The van der Waals surface area contributed by atoms with Gasteiger partial charge in [-0.3, -0.25) is 9.69 Å². The number of hydrogen-bond acceptors (Lipinski definition) is 4. The van der Waals surface area contributed by atoms with Crippen molar-refractivity contribution in [3.8, 4) is 0 Å². The summed E-state index contributed by atoms with van der Waals surface area (Å²) in [4.78, 5) is 20.4. The molecule has 0 saturated carbocycles. The number of carbonyl (C=O) groups excluding carboxylic acids is 1. The number of pyridine rings is 1. The second-order valence-corrected chi connectivity index (χ2v) is 5.40. The molecule has 1 aliphatic heterocycles. The van der Waals surface area contributed by atoms with Crippen molar-refractivity contribution in [1.82, 2.24) is 14.8 Å². The quantitative estimate of drug-likeness (QED) is 0.905. The number of likely N-dealkylation sites (N-methyl/N-ethyl adjacent to an activating group) is 1. The van der Waals surface area contributed by atoms with E-state index < -0.39 is 0 Å². The molecule has 0 bridgehead atoms. The summed E-state index contributed by atoms with van der Waals surface area (Å²) in [6.07, 6.45) is 1.66. The van der Waals surface area contributed by atoms with Crippen LogP contribution in [0.2, 0.25) is 0 Å². The van der Waals surface area contributed by atoms with E-state index in [9.17, 15) is 4.79 Å². The molecular weight excluding hydrogens is 296 g/mol. The molecule has 1 fully saturated rings. The number of amides is 1. The molecule has 6 heteroatoms. The molecule has 0 aromatic carbocycles. The number of rotatable bonds is 3. The zero-order valence-electron chi connectivity index (χ0n) is 10.4. The molecular formula is C12H17BrN4O. The lowest BCUT2D eigenvalue weighted by molar-refractivity contribution is -0.117. The number of anilines is 1. The van der Waals surface area contributed by atoms with E-state index in [1.807, 2.05) is 6.07 Å². The summed E-state index contributed by atoms with van der Waals surface area (Å²) in [5.41, 5.74) is 0. The number of halogens is 1. The van der Waals surface area contributed by atoms with Crippen LogP contribution in [0.4, 0.5) is 5.82 Å². The molecule has 0 spiro atoms. The van der Waals surface area contributed by atoms with Crippen molar-refractivity contribution < 1.29 is 4.79 Å². The Morgan fingerprint density at radius 3 is 2.83 bits per heavy atom. The van der Waals surface area contributed by atoms with E-state index in [1.165, 1.54) is 0 Å². The minimum absolute atomic E-state index is 0.00912. The van der Waals surface area contributed by atoms with Gasteiger partial charge in [0.25, 0.3) is 0 Å². The van der Waals surface area contributed by atoms with Crippen LogP contribution < -0.4 is 5.32 Å². The molecule has 0 aliphatic carbocycles. The Kier molecular flexibility index (Phi) is 4.68. The number of carbonyl (C=O) groups is 1. The average molecular weight is 313 g/mol. The van der Waals surface area contributed by atoms with Gasteiger partial charge in [0, 0.05) is 36.8 Å². The van der Waals surface area contributed by atoms with E-state index in [-0.39, 0.29) is 5.91 Å². The van der Waals surface area contributed by atoms with E-state index in [2.05, 4.69) is 43.1 Å². The van der Waals surface area contributed by atoms with Gasteiger partial charge in [0.2, 0.25) is 5.91 Å². The van der Waals surface area contributed by atoms with Gasteiger partial charge in [0.15, 0.2) is 0 Å². The summed E-state index contributed by atoms with van der Waals surface area (Å²) in [6, 6.07) is 3.62. The van der Waals surface area contributed by atoms with Gasteiger partial charge in [-0.05, 0) is 19.2 Å². The summed E-state index contributed by atoms with van der Waals surface area (Å²) in [5.74, 6) is 0.577. The van der Waals surface area contributed by atoms with E-state index in [0.29, 0.717) is 12.4 Å². The van der Waals surface area contributed by atoms with Crippen molar-refractivity contribution >= 4 is 27.7 Å². The highest BCUT2D eigenvalue weighted by atomic mass is 79.9. The van der Waals surface area contributed by atoms with Crippen molar-refractivity contribution in [2.75, 3.05) is 45.1 Å². The fourth-order valence-electron chi connectivity index (χ4n) is 1.86. The third kappa shape index (κ3) is 4.04. The number of hydrogen-bond donors (Lipinski definition) is 1. The van der Waals surface area contributed by atoms with Gasteiger partial charge >= 0.3 is 0 Å². The first-order chi connectivity index (χ1) is 8.63. The first kappa shape index (κ1) is 13.5. The summed E-state index contributed by atoms with van der Waals surface area (Å²) >= 11 is 3.35. The summed E-state index contributed by atoms with van der Waals surface area (Å²) in [6.45, 7) is 4.35. The molecule has 1 aromatic heterocycles. The summed E-state index contributed by atoms with van der Waals surface area (Å²) < 4.78 is 0.910. The summed E-state index contributed by atoms with van der Waals surface area (Å²) in [5, 5.41) is 2.81. The first-order valence-corrected chi connectivity index (χ1v) is 6.75. The Morgan fingerprint density at radius 1 is 1.44 bits per heavy atom. The predicted molar refractivity (Wildman–Crippen MR) is 74.5 cm³/mol. The van der Waals surface area contributed by atoms with Crippen molar-refractivity contribution in [3.05, 3.63) is 22.8 Å². The molecule has 18 heavy (non-hydrogen) atoms. The maximum Gasteiger partial charge on any atom is 0.239 e. The largest absolute Gasteiger partial charge is 0.310 e. The molecule has 1 saturated heterocycles.